The van der Waals surface area contributed by atoms with Crippen LogP contribution in [0.3, 0.4) is 0 Å². The molecule has 0 aliphatic carbocycles. The van der Waals surface area contributed by atoms with Gasteiger partial charge in [0.2, 0.25) is 0 Å². The summed E-state index contributed by atoms with van der Waals surface area (Å²) in [5.74, 6) is -0.0811. The van der Waals surface area contributed by atoms with Gasteiger partial charge >= 0.3 is 0 Å². The molecule has 1 amide bonds. The molecule has 0 bridgehead atoms. The van der Waals surface area contributed by atoms with Gasteiger partial charge in [0.25, 0.3) is 5.91 Å². The highest BCUT2D eigenvalue weighted by Gasteiger charge is 2.15. The number of amides is 1. The van der Waals surface area contributed by atoms with Crippen LogP contribution in [0.4, 0.5) is 0 Å². The molecule has 0 spiro atoms. The molecule has 2 rings (SSSR count). The molecule has 84 valence electrons. The topological polar surface area (TPSA) is 54.9 Å². The molecule has 4 nitrogen and oxygen atoms in total. The van der Waals surface area contributed by atoms with Crippen molar-refractivity contribution in [2.24, 2.45) is 0 Å². The van der Waals surface area contributed by atoms with Crippen molar-refractivity contribution < 1.29 is 4.79 Å². The minimum atomic E-state index is -0.230. The van der Waals surface area contributed by atoms with Crippen LogP contribution in [0.5, 0.6) is 0 Å². The highest BCUT2D eigenvalue weighted by molar-refractivity contribution is 7.12. The van der Waals surface area contributed by atoms with Crippen molar-refractivity contribution in [2.75, 3.05) is 0 Å². The minimum absolute atomic E-state index is 0.0811. The zero-order chi connectivity index (χ0) is 11.8. The first kappa shape index (κ1) is 11.0. The van der Waals surface area contributed by atoms with Crippen molar-refractivity contribution in [3.05, 3.63) is 23.8 Å². The molecule has 16 heavy (non-hydrogen) atoms. The molecule has 0 unspecified atom stereocenters. The molecule has 0 aliphatic heterocycles. The fourth-order valence-corrected chi connectivity index (χ4v) is 1.87. The molecular formula is C11H13N3OS. The second-order valence-electron chi connectivity index (χ2n) is 4.66. The van der Waals surface area contributed by atoms with Gasteiger partial charge in [0.05, 0.1) is 4.70 Å². The van der Waals surface area contributed by atoms with Crippen LogP contribution in [0.15, 0.2) is 18.2 Å². The summed E-state index contributed by atoms with van der Waals surface area (Å²) in [4.78, 5) is 11.9. The number of carbonyl (C=O) groups excluding carboxylic acids is 1. The van der Waals surface area contributed by atoms with Gasteiger partial charge in [-0.2, -0.15) is 0 Å². The molecule has 0 saturated carbocycles. The van der Waals surface area contributed by atoms with E-state index in [4.69, 9.17) is 0 Å². The van der Waals surface area contributed by atoms with Crippen LogP contribution in [0.25, 0.3) is 10.2 Å². The smallest absolute Gasteiger partial charge is 0.251 e. The largest absolute Gasteiger partial charge is 0.347 e. The first-order valence-corrected chi connectivity index (χ1v) is 5.78. The molecule has 0 saturated heterocycles. The first-order chi connectivity index (χ1) is 7.46. The molecule has 5 heteroatoms. The van der Waals surface area contributed by atoms with E-state index in [1.165, 1.54) is 11.5 Å². The van der Waals surface area contributed by atoms with E-state index in [2.05, 4.69) is 14.9 Å². The summed E-state index contributed by atoms with van der Waals surface area (Å²) >= 11 is 1.33. The second kappa shape index (κ2) is 3.83. The van der Waals surface area contributed by atoms with E-state index in [-0.39, 0.29) is 11.4 Å². The summed E-state index contributed by atoms with van der Waals surface area (Å²) in [6.45, 7) is 5.86. The zero-order valence-electron chi connectivity index (χ0n) is 9.44. The number of nitrogens with zero attached hydrogens (tertiary/aromatic N) is 2. The number of nitrogens with one attached hydrogen (secondary N) is 1. The van der Waals surface area contributed by atoms with E-state index < -0.39 is 0 Å². The molecular weight excluding hydrogens is 222 g/mol. The Bertz CT molecular complexity index is 527. The van der Waals surface area contributed by atoms with E-state index in [1.807, 2.05) is 26.8 Å². The average molecular weight is 235 g/mol. The molecule has 1 aromatic carbocycles. The highest BCUT2D eigenvalue weighted by atomic mass is 32.1. The summed E-state index contributed by atoms with van der Waals surface area (Å²) in [5, 5.41) is 6.86. The molecule has 1 heterocycles. The standard InChI is InChI=1S/C11H13N3OS/c1-11(2,3)12-10(15)7-4-5-9-8(6-7)13-14-16-9/h4-6H,1-3H3,(H,12,15). The number of carbonyl (C=O) groups is 1. The lowest BCUT2D eigenvalue weighted by Gasteiger charge is -2.20. The van der Waals surface area contributed by atoms with Gasteiger partial charge in [0.1, 0.15) is 5.52 Å². The Balaban J connectivity index is 2.29. The number of benzene rings is 1. The monoisotopic (exact) mass is 235 g/mol. The number of aromatic nitrogens is 2. The molecule has 1 N–H and O–H groups in total. The van der Waals surface area contributed by atoms with Gasteiger partial charge in [0, 0.05) is 11.1 Å². The van der Waals surface area contributed by atoms with Gasteiger partial charge in [0.15, 0.2) is 0 Å². The normalized spacial score (nSPS) is 11.7. The van der Waals surface area contributed by atoms with Crippen molar-refractivity contribution in [3.8, 4) is 0 Å². The van der Waals surface area contributed by atoms with Gasteiger partial charge < -0.3 is 5.32 Å². The maximum absolute atomic E-state index is 11.9. The lowest BCUT2D eigenvalue weighted by Crippen LogP contribution is -2.40. The minimum Gasteiger partial charge on any atom is -0.347 e. The van der Waals surface area contributed by atoms with Crippen LogP contribution in [-0.2, 0) is 0 Å². The Hall–Kier alpha value is -1.49. The second-order valence-corrected chi connectivity index (χ2v) is 5.45. The Morgan fingerprint density at radius 3 is 2.81 bits per heavy atom. The number of hydrogen-bond acceptors (Lipinski definition) is 4. The van der Waals surface area contributed by atoms with Gasteiger partial charge in [-0.15, -0.1) is 5.10 Å². The van der Waals surface area contributed by atoms with Crippen LogP contribution in [0, 0.1) is 0 Å². The fourth-order valence-electron chi connectivity index (χ4n) is 1.34. The number of fused-ring (bicyclic) bond motifs is 1. The summed E-state index contributed by atoms with van der Waals surface area (Å²) < 4.78 is 4.83. The lowest BCUT2D eigenvalue weighted by molar-refractivity contribution is 0.0919. The SMILES string of the molecule is CC(C)(C)NC(=O)c1ccc2snnc2c1. The molecule has 0 aliphatic rings. The third-order valence-electron chi connectivity index (χ3n) is 2.00. The van der Waals surface area contributed by atoms with Crippen molar-refractivity contribution in [1.29, 1.82) is 0 Å². The van der Waals surface area contributed by atoms with Gasteiger partial charge in [-0.1, -0.05) is 4.49 Å². The fraction of sp³-hybridized carbons (Fsp3) is 0.364. The van der Waals surface area contributed by atoms with Crippen molar-refractivity contribution in [3.63, 3.8) is 0 Å². The van der Waals surface area contributed by atoms with E-state index in [0.29, 0.717) is 5.56 Å². The number of rotatable bonds is 1. The van der Waals surface area contributed by atoms with E-state index in [9.17, 15) is 4.79 Å². The van der Waals surface area contributed by atoms with Crippen molar-refractivity contribution in [2.45, 2.75) is 26.3 Å². The molecule has 0 fully saturated rings. The maximum atomic E-state index is 11.9. The van der Waals surface area contributed by atoms with Crippen molar-refractivity contribution >= 4 is 27.7 Å². The lowest BCUT2D eigenvalue weighted by atomic mass is 10.1. The Kier molecular flexibility index (Phi) is 2.63. The Labute approximate surface area is 97.8 Å². The van der Waals surface area contributed by atoms with Crippen LogP contribution in [0.2, 0.25) is 0 Å². The van der Waals surface area contributed by atoms with Gasteiger partial charge in [-0.3, -0.25) is 4.79 Å². The Morgan fingerprint density at radius 1 is 1.38 bits per heavy atom. The summed E-state index contributed by atoms with van der Waals surface area (Å²) in [6.07, 6.45) is 0. The third-order valence-corrected chi connectivity index (χ3v) is 2.70. The number of hydrogen-bond donors (Lipinski definition) is 1. The van der Waals surface area contributed by atoms with Gasteiger partial charge in [-0.05, 0) is 50.5 Å². The summed E-state index contributed by atoms with van der Waals surface area (Å²) in [5.41, 5.74) is 1.16. The van der Waals surface area contributed by atoms with E-state index in [1.54, 1.807) is 12.1 Å². The molecule has 0 atom stereocenters. The maximum Gasteiger partial charge on any atom is 0.251 e. The third kappa shape index (κ3) is 2.36. The molecule has 0 radical (unpaired) electrons. The zero-order valence-corrected chi connectivity index (χ0v) is 10.3. The summed E-state index contributed by atoms with van der Waals surface area (Å²) in [7, 11) is 0. The highest BCUT2D eigenvalue weighted by Crippen LogP contribution is 2.17. The van der Waals surface area contributed by atoms with Crippen LogP contribution < -0.4 is 5.32 Å². The van der Waals surface area contributed by atoms with Crippen LogP contribution in [0.1, 0.15) is 31.1 Å². The van der Waals surface area contributed by atoms with E-state index in [0.717, 1.165) is 10.2 Å². The molecule has 1 aromatic heterocycles. The van der Waals surface area contributed by atoms with Crippen LogP contribution in [-0.4, -0.2) is 21.0 Å². The quantitative estimate of drug-likeness (QED) is 0.824. The van der Waals surface area contributed by atoms with Gasteiger partial charge in [-0.25, -0.2) is 0 Å². The first-order valence-electron chi connectivity index (χ1n) is 5.00. The average Bonchev–Trinajstić information content (AvgIpc) is 2.61. The van der Waals surface area contributed by atoms with Crippen LogP contribution >= 0.6 is 11.5 Å². The Morgan fingerprint density at radius 2 is 2.12 bits per heavy atom. The molecule has 2 aromatic rings. The summed E-state index contributed by atoms with van der Waals surface area (Å²) in [6, 6.07) is 5.43. The predicted molar refractivity (Wildman–Crippen MR) is 64.6 cm³/mol. The predicted octanol–water partition coefficient (Wildman–Crippen LogP) is 2.22. The van der Waals surface area contributed by atoms with E-state index >= 15 is 0 Å². The van der Waals surface area contributed by atoms with Crippen molar-refractivity contribution in [1.82, 2.24) is 14.9 Å².